The van der Waals surface area contributed by atoms with Crippen LogP contribution in [0, 0.1) is 81.4 Å². The zero-order valence-electron chi connectivity index (χ0n) is 80.3. The van der Waals surface area contributed by atoms with Gasteiger partial charge in [-0.15, -0.1) is 5.53 Å². The minimum atomic E-state index is -0.664. The Bertz CT molecular complexity index is 3440. The van der Waals surface area contributed by atoms with E-state index in [2.05, 4.69) is 147 Å². The number of phenols is 2. The van der Waals surface area contributed by atoms with Crippen LogP contribution in [-0.2, 0) is 54.6 Å². The lowest BCUT2D eigenvalue weighted by Gasteiger charge is -2.39. The molecular formula is C92H177N23O10. The number of phenolic OH excluding ortho intramolecular Hbond substituents is 2. The van der Waals surface area contributed by atoms with Crippen molar-refractivity contribution in [2.24, 2.45) is 98.7 Å². The van der Waals surface area contributed by atoms with Crippen LogP contribution in [0.15, 0.2) is 46.8 Å². The van der Waals surface area contributed by atoms with Crippen LogP contribution in [0.2, 0.25) is 0 Å². The van der Waals surface area contributed by atoms with Gasteiger partial charge in [-0.3, -0.25) is 24.1 Å². The Hall–Kier alpha value is -7.93. The van der Waals surface area contributed by atoms with E-state index in [0.717, 1.165) is 150 Å². The van der Waals surface area contributed by atoms with Crippen LogP contribution in [0.25, 0.3) is 10.4 Å². The molecule has 8 heterocycles. The summed E-state index contributed by atoms with van der Waals surface area (Å²) in [5.74, 6) is 15.7. The molecule has 8 aliphatic rings. The molecular weight excluding hydrogens is 1590 g/mol. The number of hydrogen-bond acceptors (Lipinski definition) is 23. The van der Waals surface area contributed by atoms with E-state index in [0.29, 0.717) is 43.2 Å². The number of rotatable bonds is 18. The second-order valence-corrected chi connectivity index (χ2v) is 39.4. The number of nitrogens with one attached hydrogen (secondary N) is 6. The van der Waals surface area contributed by atoms with Crippen LogP contribution >= 0.6 is 0 Å². The van der Waals surface area contributed by atoms with E-state index in [-0.39, 0.29) is 98.6 Å². The van der Waals surface area contributed by atoms with Crippen LogP contribution in [0.1, 0.15) is 260 Å². The van der Waals surface area contributed by atoms with Gasteiger partial charge in [0.2, 0.25) is 23.6 Å². The molecule has 6 fully saturated rings. The lowest BCUT2D eigenvalue weighted by atomic mass is 9.92. The Kier molecular flexibility index (Phi) is 56.9. The van der Waals surface area contributed by atoms with Crippen molar-refractivity contribution in [3.63, 3.8) is 0 Å². The van der Waals surface area contributed by atoms with Crippen molar-refractivity contribution in [1.82, 2.24) is 62.1 Å². The summed E-state index contributed by atoms with van der Waals surface area (Å²) in [5.41, 5.74) is 26.9. The largest absolute Gasteiger partial charge is 0.508 e. The molecule has 19 N–H and O–H groups in total. The molecule has 0 unspecified atom stereocenters. The lowest BCUT2D eigenvalue weighted by Crippen LogP contribution is -2.57. The number of nitrogens with two attached hydrogens (primary N) is 4. The lowest BCUT2D eigenvalue weighted by molar-refractivity contribution is -0.136. The number of aromatic hydroxyl groups is 2. The Morgan fingerprint density at radius 1 is 0.536 bits per heavy atom. The third kappa shape index (κ3) is 46.6. The molecule has 8 aliphatic heterocycles. The first-order chi connectivity index (χ1) is 57.8. The second-order valence-electron chi connectivity index (χ2n) is 39.4. The third-order valence-electron chi connectivity index (χ3n) is 24.3. The van der Waals surface area contributed by atoms with Crippen molar-refractivity contribution >= 4 is 35.8 Å². The van der Waals surface area contributed by atoms with Gasteiger partial charge < -0.3 is 100 Å². The molecule has 33 nitrogen and oxygen atoms in total. The highest BCUT2D eigenvalue weighted by Crippen LogP contribution is 2.31. The van der Waals surface area contributed by atoms with Crippen molar-refractivity contribution in [2.45, 2.75) is 316 Å². The molecule has 125 heavy (non-hydrogen) atoms. The Morgan fingerprint density at radius 2 is 0.904 bits per heavy atom. The number of carbonyl (C=O) groups is 6. The molecule has 0 aromatic heterocycles. The minimum Gasteiger partial charge on any atom is -0.508 e. The highest BCUT2D eigenvalue weighted by atomic mass is 16.6. The van der Waals surface area contributed by atoms with Crippen molar-refractivity contribution in [2.75, 3.05) is 98.2 Å². The summed E-state index contributed by atoms with van der Waals surface area (Å²) in [7, 11) is 0. The number of fused-ring (bicyclic) bond motifs is 2. The van der Waals surface area contributed by atoms with Crippen molar-refractivity contribution < 1.29 is 49.9 Å². The number of ether oxygens (including phenoxy) is 2. The molecule has 2 aromatic carbocycles. The van der Waals surface area contributed by atoms with Gasteiger partial charge >= 0.3 is 12.2 Å². The van der Waals surface area contributed by atoms with Gasteiger partial charge in [0.15, 0.2) is 0 Å². The summed E-state index contributed by atoms with van der Waals surface area (Å²) in [4.78, 5) is 90.3. The first kappa shape index (κ1) is 117. The van der Waals surface area contributed by atoms with E-state index >= 15 is 0 Å². The maximum absolute atomic E-state index is 13.5. The van der Waals surface area contributed by atoms with Gasteiger partial charge in [0.1, 0.15) is 34.8 Å². The zero-order chi connectivity index (χ0) is 93.0. The number of amides is 6. The monoisotopic (exact) mass is 1770 g/mol. The standard InChI is InChI=1S/C26H41N3O4.C21H33N3O2.C16H30N2O3.C11H22N2O.C11H24N2.C6H13N.CH4.H4N4.HN3.N2.H3N.H2/c1-17(2)22(16-28-11-9-18(3)10-12-28)27-24(31)23-14-19-7-8-21(30)13-20(19)15-29(23)25(32)33-26(4,5)6;1-14(2)20(13-24-8-6-15(3)7-9-24)23-21(26)19-11-16-4-5-18(25)10-17(16)12-22-19;1-11(2)13(17-15(20)21-16(4,5)6)14(19)18-9-7-12(3)8-10-18;1-8(2)10(12)11(14)13-6-4-9(3)5-7-13;1-9(2)11(12)8-13-6-4-10(3)5-7-13;1-6-2-4-7-5-3-6;;1-3-4-2;1-3-2;1-2;;/h7-8,13,17-18,22-23,30H,9-12,14-16H2,1-6H3,(H,27,31);4-5,10,14-15,19-20,22,25H,6-9,11-13H2,1-3H3,(H,23,26);11-13H,7-10H2,1-6H3,(H,17,20);8-10H,4-7,12H2,1-3H3;9-11H,4-8,12H2,1-3H3;6-7H,2-5H2,1H3;1H4;(H2,1,4)(H2,2,3);1H;;1H3;1H/t22-,23+;19-,20+;13-;10-;11-;;;;;;;/m01110......./s1/i;;;;;;;;;;;1+1. The summed E-state index contributed by atoms with van der Waals surface area (Å²) in [6.45, 7) is 61.9. The van der Waals surface area contributed by atoms with Crippen LogP contribution < -0.4 is 55.9 Å². The normalized spacial score (nSPS) is 20.0. The highest BCUT2D eigenvalue weighted by Gasteiger charge is 2.40. The Morgan fingerprint density at radius 3 is 1.26 bits per heavy atom. The van der Waals surface area contributed by atoms with Crippen LogP contribution in [0.5, 0.6) is 11.5 Å². The Balaban J connectivity index is 0. The van der Waals surface area contributed by atoms with Crippen LogP contribution in [0.4, 0.5) is 9.59 Å². The number of hydrogen-bond donors (Lipinski definition) is 13. The van der Waals surface area contributed by atoms with Crippen molar-refractivity contribution in [3.8, 4) is 11.5 Å². The second kappa shape index (κ2) is 60.7. The molecule has 33 heteroatoms. The van der Waals surface area contributed by atoms with E-state index < -0.39 is 35.5 Å². The van der Waals surface area contributed by atoms with Crippen molar-refractivity contribution in [3.05, 3.63) is 69.1 Å². The number of benzene rings is 2. The number of carbonyl (C=O) groups excluding carboxylic acids is 6. The topological polar surface area (TPSA) is 513 Å². The minimum absolute atomic E-state index is 0. The van der Waals surface area contributed by atoms with E-state index in [9.17, 15) is 39.0 Å². The van der Waals surface area contributed by atoms with E-state index in [1.807, 2.05) is 91.2 Å². The molecule has 7 atom stereocenters. The SMILES string of the molecule is C.CC1CCN(C(=O)[C@H](N)C(C)C)CC1.CC1CCN(C(=O)[C@H](NC(=O)OC(C)(C)C)C(C)C)CC1.CC1CCN(C[C@H](N)C(C)C)CC1.CC1CCN(C[C@H](NC(=O)[C@H]2Cc3ccc(O)cc3CN2)C(C)C)CC1.CC1CCN(C[C@H](NC(=O)[C@H]2Cc3ccc(O)cc3CN2C(=O)OC(C)(C)C)C(C)C)CC1.CC1CCNCC1.N.N#N.N/N=N/N.[2HH].[N-]=[N+]=N. The van der Waals surface area contributed by atoms with Gasteiger partial charge in [0.05, 0.1) is 18.6 Å². The quantitative estimate of drug-likeness (QED) is 0.0165. The smallest absolute Gasteiger partial charge is 0.411 e. The van der Waals surface area contributed by atoms with Crippen molar-refractivity contribution in [1.29, 1.82) is 16.3 Å². The average Bonchev–Trinajstić information content (AvgIpc) is 0.782. The summed E-state index contributed by atoms with van der Waals surface area (Å²) in [6.07, 6.45) is 14.7. The maximum Gasteiger partial charge on any atom is 0.411 e. The summed E-state index contributed by atoms with van der Waals surface area (Å²) < 4.78 is 10.9. The number of nitrogens with zero attached hydrogens (tertiary/aromatic N) is 12. The molecule has 6 amide bonds. The Labute approximate surface area is 754 Å². The zero-order valence-corrected chi connectivity index (χ0v) is 80.3. The first-order valence-electron chi connectivity index (χ1n) is 45.7. The van der Waals surface area contributed by atoms with Gasteiger partial charge in [0, 0.05) is 89.1 Å². The summed E-state index contributed by atoms with van der Waals surface area (Å²) in [6, 6.07) is 9.40. The fraction of sp³-hybridized carbons (Fsp3) is 0.804. The van der Waals surface area contributed by atoms with E-state index in [4.69, 9.17) is 42.8 Å². The number of likely N-dealkylation sites (tertiary alicyclic amines) is 5. The van der Waals surface area contributed by atoms with E-state index in [1.54, 1.807) is 29.2 Å². The van der Waals surface area contributed by atoms with E-state index in [1.165, 1.54) is 82.4 Å². The fourth-order valence-electron chi connectivity index (χ4n) is 15.3. The maximum atomic E-state index is 13.5. The fourth-order valence-corrected chi connectivity index (χ4v) is 15.3. The molecule has 0 spiro atoms. The molecule has 720 valence electrons. The predicted octanol–water partition coefficient (Wildman–Crippen LogP) is 14.1. The van der Waals surface area contributed by atoms with Crippen LogP contribution in [0.3, 0.4) is 0 Å². The van der Waals surface area contributed by atoms with Gasteiger partial charge in [-0.05, 0) is 299 Å². The summed E-state index contributed by atoms with van der Waals surface area (Å²) >= 11 is 0. The van der Waals surface area contributed by atoms with Gasteiger partial charge in [0.25, 0.3) is 0 Å². The van der Waals surface area contributed by atoms with Crippen LogP contribution in [-0.4, -0.2) is 227 Å². The first-order valence-corrected chi connectivity index (χ1v) is 45.7. The third-order valence-corrected chi connectivity index (χ3v) is 24.3. The molecule has 0 aliphatic carbocycles. The van der Waals surface area contributed by atoms with Gasteiger partial charge in [-0.2, -0.15) is 0 Å². The summed E-state index contributed by atoms with van der Waals surface area (Å²) in [5, 5.41) is 52.7. The molecule has 0 saturated carbocycles. The molecule has 6 saturated heterocycles. The molecule has 0 bridgehead atoms. The van der Waals surface area contributed by atoms with Gasteiger partial charge in [-0.1, -0.05) is 141 Å². The highest BCUT2D eigenvalue weighted by molar-refractivity contribution is 5.88. The molecule has 0 radical (unpaired) electrons. The molecule has 10 rings (SSSR count). The predicted molar refractivity (Wildman–Crippen MR) is 503 cm³/mol. The average molecular weight is 1770 g/mol. The number of alkyl carbamates (subject to hydrolysis) is 1. The van der Waals surface area contributed by atoms with Gasteiger partial charge in [-0.25, -0.2) is 9.59 Å². The molecule has 2 aromatic rings. The number of piperidine rings is 6.